The molecule has 2 heterocycles. The topological polar surface area (TPSA) is 29.5 Å². The molecule has 1 amide bonds. The summed E-state index contributed by atoms with van der Waals surface area (Å²) in [7, 11) is 0. The average Bonchev–Trinajstić information content (AvgIpc) is 2.29. The Bertz CT molecular complexity index is 282. The molecule has 2 rings (SSSR count). The molecule has 0 aromatic heterocycles. The third-order valence-electron chi connectivity index (χ3n) is 3.49. The van der Waals surface area contributed by atoms with Gasteiger partial charge in [0.15, 0.2) is 0 Å². The zero-order valence-corrected chi connectivity index (χ0v) is 11.6. The van der Waals surface area contributed by atoms with Gasteiger partial charge in [-0.15, -0.1) is 6.58 Å². The monoisotopic (exact) mass is 335 g/mol. The molecule has 3 atom stereocenters. The lowest BCUT2D eigenvalue weighted by Gasteiger charge is -2.46. The Morgan fingerprint density at radius 1 is 1.56 bits per heavy atom. The average molecular weight is 335 g/mol. The summed E-state index contributed by atoms with van der Waals surface area (Å²) in [5.74, 6) is 0. The van der Waals surface area contributed by atoms with Crippen LogP contribution in [0, 0.1) is 0 Å². The largest absolute Gasteiger partial charge is 0.445 e. The van der Waals surface area contributed by atoms with Gasteiger partial charge in [-0.25, -0.2) is 4.79 Å². The predicted molar refractivity (Wildman–Crippen MR) is 71.9 cm³/mol. The van der Waals surface area contributed by atoms with Gasteiger partial charge >= 0.3 is 6.09 Å². The highest BCUT2D eigenvalue weighted by molar-refractivity contribution is 14.1. The molecular formula is C12H18INO2. The number of halogens is 1. The summed E-state index contributed by atoms with van der Waals surface area (Å²) in [4.78, 5) is 13.9. The molecule has 2 saturated heterocycles. The van der Waals surface area contributed by atoms with Gasteiger partial charge in [-0.2, -0.15) is 0 Å². The minimum atomic E-state index is -0.107. The second-order valence-corrected chi connectivity index (χ2v) is 5.45. The molecule has 0 aliphatic carbocycles. The van der Waals surface area contributed by atoms with Gasteiger partial charge < -0.3 is 9.64 Å². The van der Waals surface area contributed by atoms with Crippen molar-refractivity contribution < 1.29 is 9.53 Å². The van der Waals surface area contributed by atoms with Crippen molar-refractivity contribution in [2.45, 2.75) is 50.3 Å². The molecule has 90 valence electrons. The molecular weight excluding hydrogens is 317 g/mol. The number of nitrogens with zero attached hydrogens (tertiary/aromatic N) is 1. The summed E-state index contributed by atoms with van der Waals surface area (Å²) >= 11 is 2.29. The van der Waals surface area contributed by atoms with E-state index in [0.717, 1.165) is 30.1 Å². The Labute approximate surface area is 110 Å². The van der Waals surface area contributed by atoms with E-state index in [-0.39, 0.29) is 12.2 Å². The van der Waals surface area contributed by atoms with E-state index < -0.39 is 0 Å². The van der Waals surface area contributed by atoms with Crippen LogP contribution in [-0.2, 0) is 4.74 Å². The van der Waals surface area contributed by atoms with Gasteiger partial charge in [-0.05, 0) is 25.7 Å². The highest BCUT2D eigenvalue weighted by atomic mass is 127. The summed E-state index contributed by atoms with van der Waals surface area (Å²) in [5.41, 5.74) is 0. The number of hydrogen-bond donors (Lipinski definition) is 0. The van der Waals surface area contributed by atoms with E-state index in [0.29, 0.717) is 12.1 Å². The Morgan fingerprint density at radius 3 is 3.06 bits per heavy atom. The van der Waals surface area contributed by atoms with Crippen LogP contribution in [0.3, 0.4) is 0 Å². The molecule has 2 aliphatic heterocycles. The van der Waals surface area contributed by atoms with Crippen LogP contribution in [0.15, 0.2) is 12.7 Å². The lowest BCUT2D eigenvalue weighted by Crippen LogP contribution is -2.55. The Morgan fingerprint density at radius 2 is 2.38 bits per heavy atom. The van der Waals surface area contributed by atoms with E-state index in [1.807, 2.05) is 11.0 Å². The van der Waals surface area contributed by atoms with E-state index in [9.17, 15) is 4.79 Å². The van der Waals surface area contributed by atoms with Crippen molar-refractivity contribution >= 4 is 28.7 Å². The molecule has 3 nitrogen and oxygen atoms in total. The van der Waals surface area contributed by atoms with Crippen LogP contribution in [0.4, 0.5) is 4.79 Å². The maximum atomic E-state index is 11.9. The second kappa shape index (κ2) is 5.38. The van der Waals surface area contributed by atoms with Crippen molar-refractivity contribution in [1.29, 1.82) is 0 Å². The van der Waals surface area contributed by atoms with Crippen LogP contribution in [0.1, 0.15) is 32.1 Å². The fourth-order valence-corrected chi connectivity index (χ4v) is 3.31. The predicted octanol–water partition coefficient (Wildman–Crippen LogP) is 3.13. The number of rotatable bonds is 3. The maximum Gasteiger partial charge on any atom is 0.410 e. The summed E-state index contributed by atoms with van der Waals surface area (Å²) in [6.07, 6.45) is 7.26. The number of ether oxygens (including phenoxy) is 1. The van der Waals surface area contributed by atoms with E-state index in [4.69, 9.17) is 4.74 Å². The first-order chi connectivity index (χ1) is 7.76. The lowest BCUT2D eigenvalue weighted by atomic mass is 9.90. The van der Waals surface area contributed by atoms with Crippen molar-refractivity contribution in [2.75, 3.05) is 4.43 Å². The van der Waals surface area contributed by atoms with Gasteiger partial charge in [-0.1, -0.05) is 28.7 Å². The van der Waals surface area contributed by atoms with Crippen molar-refractivity contribution in [3.8, 4) is 0 Å². The first kappa shape index (κ1) is 12.2. The molecule has 0 bridgehead atoms. The van der Waals surface area contributed by atoms with Crippen LogP contribution in [-0.4, -0.2) is 33.6 Å². The molecule has 2 aliphatic rings. The number of piperidine rings is 1. The number of alkyl halides is 1. The van der Waals surface area contributed by atoms with Gasteiger partial charge in [-0.3, -0.25) is 0 Å². The van der Waals surface area contributed by atoms with Gasteiger partial charge in [0.25, 0.3) is 0 Å². The normalized spacial score (nSPS) is 34.2. The lowest BCUT2D eigenvalue weighted by molar-refractivity contribution is -0.0235. The molecule has 0 aromatic rings. The van der Waals surface area contributed by atoms with Crippen LogP contribution < -0.4 is 0 Å². The molecule has 0 spiro atoms. The summed E-state index contributed by atoms with van der Waals surface area (Å²) in [6, 6.07) is 0.721. The first-order valence-electron chi connectivity index (χ1n) is 5.92. The van der Waals surface area contributed by atoms with Gasteiger partial charge in [0.05, 0.1) is 0 Å². The third kappa shape index (κ3) is 2.36. The number of carbonyl (C=O) groups excluding carboxylic acids is 1. The van der Waals surface area contributed by atoms with Crippen LogP contribution >= 0.6 is 22.6 Å². The van der Waals surface area contributed by atoms with Crippen molar-refractivity contribution in [3.05, 3.63) is 12.7 Å². The minimum Gasteiger partial charge on any atom is -0.445 e. The van der Waals surface area contributed by atoms with E-state index >= 15 is 0 Å². The molecule has 0 saturated carbocycles. The minimum absolute atomic E-state index is 0.107. The Hall–Kier alpha value is -0.260. The zero-order valence-electron chi connectivity index (χ0n) is 9.40. The maximum absolute atomic E-state index is 11.9. The Balaban J connectivity index is 2.09. The summed E-state index contributed by atoms with van der Waals surface area (Å²) < 4.78 is 6.33. The fraction of sp³-hybridized carbons (Fsp3) is 0.750. The van der Waals surface area contributed by atoms with Crippen LogP contribution in [0.2, 0.25) is 0 Å². The molecule has 0 radical (unpaired) electrons. The highest BCUT2D eigenvalue weighted by Gasteiger charge is 2.40. The quantitative estimate of drug-likeness (QED) is 0.451. The number of hydrogen-bond acceptors (Lipinski definition) is 2. The molecule has 16 heavy (non-hydrogen) atoms. The van der Waals surface area contributed by atoms with E-state index in [1.54, 1.807) is 0 Å². The van der Waals surface area contributed by atoms with Crippen molar-refractivity contribution in [1.82, 2.24) is 4.90 Å². The number of fused-ring (bicyclic) bond motifs is 1. The SMILES string of the molecule is C=CC[C@@H]1CCC[C@H]2CC(CI)OC(=O)N12. The second-order valence-electron chi connectivity index (χ2n) is 4.57. The smallest absolute Gasteiger partial charge is 0.410 e. The number of cyclic esters (lactones) is 1. The Kier molecular flexibility index (Phi) is 4.10. The van der Waals surface area contributed by atoms with Gasteiger partial charge in [0, 0.05) is 22.9 Å². The van der Waals surface area contributed by atoms with E-state index in [1.165, 1.54) is 6.42 Å². The molecule has 4 heteroatoms. The van der Waals surface area contributed by atoms with Crippen molar-refractivity contribution in [3.63, 3.8) is 0 Å². The fourth-order valence-electron chi connectivity index (χ4n) is 2.77. The summed E-state index contributed by atoms with van der Waals surface area (Å²) in [5, 5.41) is 0. The molecule has 0 N–H and O–H groups in total. The van der Waals surface area contributed by atoms with E-state index in [2.05, 4.69) is 29.2 Å². The third-order valence-corrected chi connectivity index (χ3v) is 4.47. The standard InChI is InChI=1S/C12H18INO2/c1-2-4-9-5-3-6-10-7-11(8-13)16-12(15)14(9)10/h2,9-11H,1,3-8H2/t9-,10+,11?/m1/s1. The molecule has 2 fully saturated rings. The summed E-state index contributed by atoms with van der Waals surface area (Å²) in [6.45, 7) is 3.77. The molecule has 1 unspecified atom stereocenters. The van der Waals surface area contributed by atoms with Crippen LogP contribution in [0.25, 0.3) is 0 Å². The highest BCUT2D eigenvalue weighted by Crippen LogP contribution is 2.32. The molecule has 0 aromatic carbocycles. The number of carbonyl (C=O) groups is 1. The number of amides is 1. The van der Waals surface area contributed by atoms with Crippen LogP contribution in [0.5, 0.6) is 0 Å². The first-order valence-corrected chi connectivity index (χ1v) is 7.44. The van der Waals surface area contributed by atoms with Gasteiger partial charge in [0.1, 0.15) is 6.10 Å². The zero-order chi connectivity index (χ0) is 11.5. The van der Waals surface area contributed by atoms with Gasteiger partial charge in [0.2, 0.25) is 0 Å². The van der Waals surface area contributed by atoms with Crippen molar-refractivity contribution in [2.24, 2.45) is 0 Å².